The van der Waals surface area contributed by atoms with Crippen LogP contribution in [0.4, 0.5) is 0 Å². The van der Waals surface area contributed by atoms with Crippen molar-refractivity contribution in [3.05, 3.63) is 34.3 Å². The van der Waals surface area contributed by atoms with Crippen LogP contribution in [0.1, 0.15) is 29.6 Å². The Kier molecular flexibility index (Phi) is 4.18. The van der Waals surface area contributed by atoms with E-state index in [1.54, 1.807) is 0 Å². The highest BCUT2D eigenvalue weighted by Gasteiger charge is 2.27. The SMILES string of the molecule is NCC1CCCC1NC(=O)c1ccccc1Br. The van der Waals surface area contributed by atoms with Gasteiger partial charge in [-0.1, -0.05) is 18.6 Å². The summed E-state index contributed by atoms with van der Waals surface area (Å²) in [6.07, 6.45) is 3.32. The highest BCUT2D eigenvalue weighted by atomic mass is 79.9. The topological polar surface area (TPSA) is 55.1 Å². The molecule has 92 valence electrons. The van der Waals surface area contributed by atoms with Crippen molar-refractivity contribution in [1.82, 2.24) is 5.32 Å². The lowest BCUT2D eigenvalue weighted by Crippen LogP contribution is -2.39. The first-order chi connectivity index (χ1) is 8.22. The molecule has 0 aliphatic heterocycles. The first-order valence-electron chi connectivity index (χ1n) is 5.98. The summed E-state index contributed by atoms with van der Waals surface area (Å²) in [5.41, 5.74) is 6.40. The van der Waals surface area contributed by atoms with Gasteiger partial charge in [0.25, 0.3) is 5.91 Å². The molecule has 0 spiro atoms. The van der Waals surface area contributed by atoms with Gasteiger partial charge in [0.05, 0.1) is 5.56 Å². The Hall–Kier alpha value is -0.870. The normalized spacial score (nSPS) is 23.6. The molecular formula is C13H17BrN2O. The van der Waals surface area contributed by atoms with E-state index in [1.807, 2.05) is 24.3 Å². The third-order valence-electron chi connectivity index (χ3n) is 3.40. The Labute approximate surface area is 110 Å². The van der Waals surface area contributed by atoms with E-state index in [0.717, 1.165) is 23.7 Å². The lowest BCUT2D eigenvalue weighted by Gasteiger charge is -2.19. The Bertz CT molecular complexity index is 408. The standard InChI is InChI=1S/C13H17BrN2O/c14-11-6-2-1-5-10(11)13(17)16-12-7-3-4-9(12)8-15/h1-2,5-6,9,12H,3-4,7-8,15H2,(H,16,17). The van der Waals surface area contributed by atoms with Gasteiger partial charge in [-0.25, -0.2) is 0 Å². The van der Waals surface area contributed by atoms with Gasteiger partial charge in [-0.2, -0.15) is 0 Å². The maximum atomic E-state index is 12.1. The van der Waals surface area contributed by atoms with E-state index in [4.69, 9.17) is 5.73 Å². The van der Waals surface area contributed by atoms with Crippen LogP contribution in [-0.2, 0) is 0 Å². The third-order valence-corrected chi connectivity index (χ3v) is 4.09. The molecule has 1 aliphatic carbocycles. The summed E-state index contributed by atoms with van der Waals surface area (Å²) in [6.45, 7) is 0.654. The predicted molar refractivity (Wildman–Crippen MR) is 71.8 cm³/mol. The summed E-state index contributed by atoms with van der Waals surface area (Å²) in [5.74, 6) is 0.421. The van der Waals surface area contributed by atoms with Crippen molar-refractivity contribution in [2.75, 3.05) is 6.54 Å². The predicted octanol–water partition coefficient (Wildman–Crippen LogP) is 2.31. The number of hydrogen-bond donors (Lipinski definition) is 2. The Morgan fingerprint density at radius 3 is 2.88 bits per heavy atom. The molecule has 0 heterocycles. The van der Waals surface area contributed by atoms with E-state index in [1.165, 1.54) is 0 Å². The Morgan fingerprint density at radius 1 is 1.41 bits per heavy atom. The van der Waals surface area contributed by atoms with Crippen LogP contribution in [0.2, 0.25) is 0 Å². The number of amides is 1. The lowest BCUT2D eigenvalue weighted by atomic mass is 10.0. The van der Waals surface area contributed by atoms with E-state index in [2.05, 4.69) is 21.2 Å². The van der Waals surface area contributed by atoms with Gasteiger partial charge in [0.1, 0.15) is 0 Å². The summed E-state index contributed by atoms with van der Waals surface area (Å²) < 4.78 is 0.833. The number of nitrogens with two attached hydrogens (primary N) is 1. The second kappa shape index (κ2) is 5.65. The van der Waals surface area contributed by atoms with Gasteiger partial charge in [-0.05, 0) is 53.4 Å². The number of rotatable bonds is 3. The molecule has 2 rings (SSSR count). The highest BCUT2D eigenvalue weighted by Crippen LogP contribution is 2.25. The number of halogens is 1. The molecule has 3 nitrogen and oxygen atoms in total. The first kappa shape index (κ1) is 12.6. The van der Waals surface area contributed by atoms with Crippen LogP contribution < -0.4 is 11.1 Å². The average Bonchev–Trinajstić information content (AvgIpc) is 2.76. The number of nitrogens with one attached hydrogen (secondary N) is 1. The molecule has 1 amide bonds. The minimum atomic E-state index is -0.0113. The molecule has 0 aromatic heterocycles. The summed E-state index contributed by atoms with van der Waals surface area (Å²) in [6, 6.07) is 7.71. The van der Waals surface area contributed by atoms with Crippen molar-refractivity contribution in [2.24, 2.45) is 11.7 Å². The quantitative estimate of drug-likeness (QED) is 0.899. The maximum Gasteiger partial charge on any atom is 0.252 e. The molecule has 1 aromatic rings. The molecule has 0 radical (unpaired) electrons. The Balaban J connectivity index is 2.04. The molecule has 17 heavy (non-hydrogen) atoms. The van der Waals surface area contributed by atoms with Crippen LogP contribution in [0.3, 0.4) is 0 Å². The molecule has 2 atom stereocenters. The number of benzene rings is 1. The van der Waals surface area contributed by atoms with Gasteiger partial charge in [-0.3, -0.25) is 4.79 Å². The van der Waals surface area contributed by atoms with Crippen LogP contribution in [0.5, 0.6) is 0 Å². The van der Waals surface area contributed by atoms with Gasteiger partial charge in [0, 0.05) is 10.5 Å². The molecule has 1 aliphatic rings. The molecule has 3 N–H and O–H groups in total. The van der Waals surface area contributed by atoms with Gasteiger partial charge in [0.15, 0.2) is 0 Å². The first-order valence-corrected chi connectivity index (χ1v) is 6.77. The lowest BCUT2D eigenvalue weighted by molar-refractivity contribution is 0.0928. The largest absolute Gasteiger partial charge is 0.349 e. The minimum absolute atomic E-state index is 0.0113. The van der Waals surface area contributed by atoms with Crippen LogP contribution in [-0.4, -0.2) is 18.5 Å². The molecule has 0 bridgehead atoms. The monoisotopic (exact) mass is 296 g/mol. The van der Waals surface area contributed by atoms with Crippen molar-refractivity contribution in [3.8, 4) is 0 Å². The molecule has 0 saturated heterocycles. The van der Waals surface area contributed by atoms with Crippen molar-refractivity contribution in [2.45, 2.75) is 25.3 Å². The van der Waals surface area contributed by atoms with E-state index in [9.17, 15) is 4.79 Å². The molecular weight excluding hydrogens is 280 g/mol. The van der Waals surface area contributed by atoms with E-state index in [0.29, 0.717) is 18.0 Å². The Morgan fingerprint density at radius 2 is 2.18 bits per heavy atom. The van der Waals surface area contributed by atoms with E-state index in [-0.39, 0.29) is 11.9 Å². The van der Waals surface area contributed by atoms with Crippen LogP contribution in [0.15, 0.2) is 28.7 Å². The highest BCUT2D eigenvalue weighted by molar-refractivity contribution is 9.10. The van der Waals surface area contributed by atoms with Crippen LogP contribution in [0.25, 0.3) is 0 Å². The van der Waals surface area contributed by atoms with Gasteiger partial charge in [-0.15, -0.1) is 0 Å². The summed E-state index contributed by atoms with van der Waals surface area (Å²) in [4.78, 5) is 12.1. The summed E-state index contributed by atoms with van der Waals surface area (Å²) >= 11 is 3.39. The second-order valence-electron chi connectivity index (χ2n) is 4.49. The summed E-state index contributed by atoms with van der Waals surface area (Å²) in [5, 5.41) is 3.09. The molecule has 1 fully saturated rings. The summed E-state index contributed by atoms with van der Waals surface area (Å²) in [7, 11) is 0. The van der Waals surface area contributed by atoms with Gasteiger partial charge < -0.3 is 11.1 Å². The molecule has 1 saturated carbocycles. The number of hydrogen-bond acceptors (Lipinski definition) is 2. The fourth-order valence-electron chi connectivity index (χ4n) is 2.40. The van der Waals surface area contributed by atoms with Crippen molar-refractivity contribution in [3.63, 3.8) is 0 Å². The molecule has 4 heteroatoms. The smallest absolute Gasteiger partial charge is 0.252 e. The zero-order valence-electron chi connectivity index (χ0n) is 9.66. The van der Waals surface area contributed by atoms with Crippen molar-refractivity contribution < 1.29 is 4.79 Å². The van der Waals surface area contributed by atoms with E-state index < -0.39 is 0 Å². The molecule has 1 aromatic carbocycles. The van der Waals surface area contributed by atoms with Gasteiger partial charge >= 0.3 is 0 Å². The zero-order valence-corrected chi connectivity index (χ0v) is 11.2. The minimum Gasteiger partial charge on any atom is -0.349 e. The average molecular weight is 297 g/mol. The van der Waals surface area contributed by atoms with Crippen LogP contribution >= 0.6 is 15.9 Å². The van der Waals surface area contributed by atoms with Gasteiger partial charge in [0.2, 0.25) is 0 Å². The molecule has 2 unspecified atom stereocenters. The van der Waals surface area contributed by atoms with Crippen LogP contribution in [0, 0.1) is 5.92 Å². The maximum absolute atomic E-state index is 12.1. The second-order valence-corrected chi connectivity index (χ2v) is 5.34. The number of carbonyl (C=O) groups excluding carboxylic acids is 1. The fourth-order valence-corrected chi connectivity index (χ4v) is 2.87. The van der Waals surface area contributed by atoms with E-state index >= 15 is 0 Å². The van der Waals surface area contributed by atoms with Crippen molar-refractivity contribution in [1.29, 1.82) is 0 Å². The zero-order chi connectivity index (χ0) is 12.3. The fraction of sp³-hybridized carbons (Fsp3) is 0.462. The number of carbonyl (C=O) groups is 1. The third kappa shape index (κ3) is 2.87. The van der Waals surface area contributed by atoms with Crippen molar-refractivity contribution >= 4 is 21.8 Å².